The van der Waals surface area contributed by atoms with Crippen molar-refractivity contribution in [1.29, 1.82) is 0 Å². The Bertz CT molecular complexity index is 676. The molecule has 3 rings (SSSR count). The summed E-state index contributed by atoms with van der Waals surface area (Å²) in [4.78, 5) is 4.21. The standard InChI is InChI=1S/C15H14N2OS/c16-7-12-5-6-13(8-17-12)18-9-11-10-19-15-4-2-1-3-14(11)15/h1-6,8,10H,7,9,16H2. The van der Waals surface area contributed by atoms with E-state index >= 15 is 0 Å². The van der Waals surface area contributed by atoms with Gasteiger partial charge in [0.15, 0.2) is 0 Å². The molecule has 0 radical (unpaired) electrons. The second-order valence-corrected chi connectivity index (χ2v) is 5.15. The fraction of sp³-hybridized carbons (Fsp3) is 0.133. The molecule has 0 saturated carbocycles. The Morgan fingerprint density at radius 2 is 2.05 bits per heavy atom. The first-order valence-electron chi connectivity index (χ1n) is 6.10. The van der Waals surface area contributed by atoms with Crippen LogP contribution in [-0.2, 0) is 13.2 Å². The molecule has 0 saturated heterocycles. The Labute approximate surface area is 115 Å². The number of nitrogens with zero attached hydrogens (tertiary/aromatic N) is 1. The summed E-state index contributed by atoms with van der Waals surface area (Å²) in [5.74, 6) is 0.771. The summed E-state index contributed by atoms with van der Waals surface area (Å²) in [5.41, 5.74) is 7.59. The molecule has 2 N–H and O–H groups in total. The summed E-state index contributed by atoms with van der Waals surface area (Å²) in [5, 5.41) is 3.41. The predicted molar refractivity (Wildman–Crippen MR) is 78.3 cm³/mol. The largest absolute Gasteiger partial charge is 0.487 e. The third kappa shape index (κ3) is 2.59. The van der Waals surface area contributed by atoms with Crippen LogP contribution in [0.25, 0.3) is 10.1 Å². The van der Waals surface area contributed by atoms with Crippen LogP contribution in [0.15, 0.2) is 48.0 Å². The zero-order valence-electron chi connectivity index (χ0n) is 10.4. The molecule has 2 heterocycles. The molecule has 96 valence electrons. The van der Waals surface area contributed by atoms with Crippen LogP contribution in [0.3, 0.4) is 0 Å². The smallest absolute Gasteiger partial charge is 0.138 e. The topological polar surface area (TPSA) is 48.1 Å². The molecule has 0 amide bonds. The summed E-state index contributed by atoms with van der Waals surface area (Å²) < 4.78 is 7.05. The minimum atomic E-state index is 0.454. The number of thiophene rings is 1. The van der Waals surface area contributed by atoms with Crippen LogP contribution < -0.4 is 10.5 Å². The Balaban J connectivity index is 1.74. The molecule has 3 nitrogen and oxygen atoms in total. The van der Waals surface area contributed by atoms with Gasteiger partial charge in [0.1, 0.15) is 12.4 Å². The van der Waals surface area contributed by atoms with Crippen molar-refractivity contribution in [3.63, 3.8) is 0 Å². The van der Waals surface area contributed by atoms with Gasteiger partial charge in [0.2, 0.25) is 0 Å². The van der Waals surface area contributed by atoms with Gasteiger partial charge in [0.25, 0.3) is 0 Å². The first-order valence-corrected chi connectivity index (χ1v) is 6.97. The number of fused-ring (bicyclic) bond motifs is 1. The number of ether oxygens (including phenoxy) is 1. The van der Waals surface area contributed by atoms with Gasteiger partial charge in [-0.2, -0.15) is 0 Å². The summed E-state index contributed by atoms with van der Waals surface area (Å²) in [7, 11) is 0. The summed E-state index contributed by atoms with van der Waals surface area (Å²) in [6.07, 6.45) is 1.72. The van der Waals surface area contributed by atoms with Crippen LogP contribution in [-0.4, -0.2) is 4.98 Å². The van der Waals surface area contributed by atoms with Crippen molar-refractivity contribution in [2.45, 2.75) is 13.2 Å². The van der Waals surface area contributed by atoms with Crippen molar-refractivity contribution in [1.82, 2.24) is 4.98 Å². The van der Waals surface area contributed by atoms with E-state index in [1.807, 2.05) is 12.1 Å². The second-order valence-electron chi connectivity index (χ2n) is 4.24. The zero-order valence-corrected chi connectivity index (χ0v) is 11.2. The lowest BCUT2D eigenvalue weighted by Crippen LogP contribution is -2.00. The van der Waals surface area contributed by atoms with Crippen LogP contribution in [0.2, 0.25) is 0 Å². The molecule has 4 heteroatoms. The van der Waals surface area contributed by atoms with E-state index in [0.717, 1.165) is 11.4 Å². The first kappa shape index (κ1) is 12.1. The van der Waals surface area contributed by atoms with E-state index in [2.05, 4.69) is 34.6 Å². The highest BCUT2D eigenvalue weighted by Gasteiger charge is 2.04. The predicted octanol–water partition coefficient (Wildman–Crippen LogP) is 3.33. The Morgan fingerprint density at radius 1 is 1.16 bits per heavy atom. The number of nitrogens with two attached hydrogens (primary N) is 1. The van der Waals surface area contributed by atoms with E-state index in [9.17, 15) is 0 Å². The average Bonchev–Trinajstić information content (AvgIpc) is 2.89. The van der Waals surface area contributed by atoms with Gasteiger partial charge in [-0.25, -0.2) is 0 Å². The number of rotatable bonds is 4. The van der Waals surface area contributed by atoms with E-state index in [0.29, 0.717) is 13.2 Å². The van der Waals surface area contributed by atoms with Gasteiger partial charge in [0, 0.05) is 16.8 Å². The fourth-order valence-corrected chi connectivity index (χ4v) is 2.87. The number of aromatic nitrogens is 1. The summed E-state index contributed by atoms with van der Waals surface area (Å²) in [6, 6.07) is 12.2. The van der Waals surface area contributed by atoms with Crippen molar-refractivity contribution in [2.24, 2.45) is 5.73 Å². The lowest BCUT2D eigenvalue weighted by molar-refractivity contribution is 0.306. The van der Waals surface area contributed by atoms with Crippen molar-refractivity contribution in [3.8, 4) is 5.75 Å². The molecule has 3 aromatic rings. The van der Waals surface area contributed by atoms with Crippen molar-refractivity contribution in [3.05, 3.63) is 59.2 Å². The molecule has 0 aliphatic carbocycles. The maximum atomic E-state index is 5.76. The summed E-state index contributed by atoms with van der Waals surface area (Å²) in [6.45, 7) is 1.02. The quantitative estimate of drug-likeness (QED) is 0.791. The Kier molecular flexibility index (Phi) is 3.44. The molecule has 19 heavy (non-hydrogen) atoms. The molecule has 0 aliphatic rings. The van der Waals surface area contributed by atoms with Gasteiger partial charge in [-0.15, -0.1) is 11.3 Å². The number of hydrogen-bond acceptors (Lipinski definition) is 4. The Morgan fingerprint density at radius 3 is 2.84 bits per heavy atom. The molecule has 0 unspecified atom stereocenters. The van der Waals surface area contributed by atoms with Crippen LogP contribution in [0.4, 0.5) is 0 Å². The fourth-order valence-electron chi connectivity index (χ4n) is 1.92. The van der Waals surface area contributed by atoms with Crippen molar-refractivity contribution >= 4 is 21.4 Å². The lowest BCUT2D eigenvalue weighted by Gasteiger charge is -2.05. The van der Waals surface area contributed by atoms with E-state index < -0.39 is 0 Å². The number of benzene rings is 1. The van der Waals surface area contributed by atoms with Crippen LogP contribution >= 0.6 is 11.3 Å². The lowest BCUT2D eigenvalue weighted by atomic mass is 10.2. The highest BCUT2D eigenvalue weighted by atomic mass is 32.1. The third-order valence-electron chi connectivity index (χ3n) is 2.96. The van der Waals surface area contributed by atoms with E-state index in [-0.39, 0.29) is 0 Å². The SMILES string of the molecule is NCc1ccc(OCc2csc3ccccc23)cn1. The van der Waals surface area contributed by atoms with Gasteiger partial charge in [-0.05, 0) is 29.0 Å². The van der Waals surface area contributed by atoms with E-state index in [1.165, 1.54) is 15.6 Å². The minimum absolute atomic E-state index is 0.454. The molecule has 1 aromatic carbocycles. The van der Waals surface area contributed by atoms with Gasteiger partial charge in [-0.3, -0.25) is 4.98 Å². The Hall–Kier alpha value is -1.91. The van der Waals surface area contributed by atoms with Crippen LogP contribution in [0, 0.1) is 0 Å². The van der Waals surface area contributed by atoms with Gasteiger partial charge in [-0.1, -0.05) is 18.2 Å². The van der Waals surface area contributed by atoms with E-state index in [4.69, 9.17) is 10.5 Å². The minimum Gasteiger partial charge on any atom is -0.487 e. The maximum absolute atomic E-state index is 5.76. The molecule has 0 spiro atoms. The molecular formula is C15H14N2OS. The molecule has 0 atom stereocenters. The molecule has 0 aliphatic heterocycles. The van der Waals surface area contributed by atoms with Crippen molar-refractivity contribution < 1.29 is 4.74 Å². The van der Waals surface area contributed by atoms with Crippen LogP contribution in [0.1, 0.15) is 11.3 Å². The second kappa shape index (κ2) is 5.38. The van der Waals surface area contributed by atoms with Gasteiger partial charge < -0.3 is 10.5 Å². The molecule has 0 fully saturated rings. The highest BCUT2D eigenvalue weighted by molar-refractivity contribution is 7.17. The molecular weight excluding hydrogens is 256 g/mol. The molecule has 2 aromatic heterocycles. The molecule has 0 bridgehead atoms. The summed E-state index contributed by atoms with van der Waals surface area (Å²) >= 11 is 1.74. The normalized spacial score (nSPS) is 10.8. The third-order valence-corrected chi connectivity index (χ3v) is 3.97. The number of hydrogen-bond donors (Lipinski definition) is 1. The highest BCUT2D eigenvalue weighted by Crippen LogP contribution is 2.26. The maximum Gasteiger partial charge on any atom is 0.138 e. The monoisotopic (exact) mass is 270 g/mol. The zero-order chi connectivity index (χ0) is 13.1. The average molecular weight is 270 g/mol. The van der Waals surface area contributed by atoms with Crippen LogP contribution in [0.5, 0.6) is 5.75 Å². The van der Waals surface area contributed by atoms with Crippen molar-refractivity contribution in [2.75, 3.05) is 0 Å². The van der Waals surface area contributed by atoms with Gasteiger partial charge >= 0.3 is 0 Å². The van der Waals surface area contributed by atoms with Gasteiger partial charge in [0.05, 0.1) is 11.9 Å². The number of pyridine rings is 1. The first-order chi connectivity index (χ1) is 9.36. The van der Waals surface area contributed by atoms with E-state index in [1.54, 1.807) is 17.5 Å².